The van der Waals surface area contributed by atoms with E-state index in [1.54, 1.807) is 0 Å². The molecule has 0 radical (unpaired) electrons. The molecule has 7 heteroatoms. The summed E-state index contributed by atoms with van der Waals surface area (Å²) in [5.74, 6) is -2.76. The number of carboxylic acid groups (broad SMARTS) is 1. The molecule has 1 aliphatic carbocycles. The van der Waals surface area contributed by atoms with E-state index >= 15 is 0 Å². The van der Waals surface area contributed by atoms with Gasteiger partial charge in [-0.15, -0.1) is 12.6 Å². The SMILES string of the molecule is O=C(O)C1C=CC=CC1(S)S(=O)(=O)O. The Kier molecular flexibility index (Phi) is 2.75. The first-order valence-corrected chi connectivity index (χ1v) is 5.46. The zero-order chi connectivity index (χ0) is 11.0. The second-order valence-electron chi connectivity index (χ2n) is 2.79. The summed E-state index contributed by atoms with van der Waals surface area (Å²) in [4.78, 5) is 10.7. The van der Waals surface area contributed by atoms with E-state index in [0.29, 0.717) is 0 Å². The average molecular weight is 236 g/mol. The molecule has 0 aromatic carbocycles. The summed E-state index contributed by atoms with van der Waals surface area (Å²) < 4.78 is 28.7. The number of hydrogen-bond donors (Lipinski definition) is 3. The van der Waals surface area contributed by atoms with Crippen molar-refractivity contribution < 1.29 is 22.9 Å². The number of allylic oxidation sites excluding steroid dienone is 2. The second kappa shape index (κ2) is 3.41. The monoisotopic (exact) mass is 236 g/mol. The predicted molar refractivity (Wildman–Crippen MR) is 52.7 cm³/mol. The normalized spacial score (nSPS) is 31.7. The largest absolute Gasteiger partial charge is 0.481 e. The molecule has 0 spiro atoms. The van der Waals surface area contributed by atoms with Crippen molar-refractivity contribution in [1.82, 2.24) is 0 Å². The van der Waals surface area contributed by atoms with E-state index in [1.165, 1.54) is 12.2 Å². The van der Waals surface area contributed by atoms with E-state index in [1.807, 2.05) is 0 Å². The molecule has 14 heavy (non-hydrogen) atoms. The van der Waals surface area contributed by atoms with Crippen LogP contribution in [0.2, 0.25) is 0 Å². The van der Waals surface area contributed by atoms with Crippen LogP contribution in [0.4, 0.5) is 0 Å². The van der Waals surface area contributed by atoms with Gasteiger partial charge in [-0.2, -0.15) is 8.42 Å². The highest BCUT2D eigenvalue weighted by Crippen LogP contribution is 2.35. The number of rotatable bonds is 2. The summed E-state index contributed by atoms with van der Waals surface area (Å²) in [5.41, 5.74) is 0. The number of aliphatic carboxylic acids is 1. The van der Waals surface area contributed by atoms with Gasteiger partial charge in [-0.3, -0.25) is 9.35 Å². The number of hydrogen-bond acceptors (Lipinski definition) is 4. The highest BCUT2D eigenvalue weighted by atomic mass is 32.3. The minimum atomic E-state index is -4.57. The van der Waals surface area contributed by atoms with Crippen molar-refractivity contribution in [1.29, 1.82) is 0 Å². The van der Waals surface area contributed by atoms with Crippen LogP contribution in [0, 0.1) is 5.92 Å². The standard InChI is InChI=1S/C7H8O5S2/c8-6(9)5-3-1-2-4-7(5,13)14(10,11)12/h1-5,13H,(H,8,9)(H,10,11,12). The van der Waals surface area contributed by atoms with E-state index in [0.717, 1.165) is 12.2 Å². The molecule has 2 N–H and O–H groups in total. The van der Waals surface area contributed by atoms with Crippen molar-refractivity contribution in [2.75, 3.05) is 0 Å². The third kappa shape index (κ3) is 1.70. The summed E-state index contributed by atoms with van der Waals surface area (Å²) in [5, 5.41) is 8.73. The summed E-state index contributed by atoms with van der Waals surface area (Å²) in [6, 6.07) is 0. The Hall–Kier alpha value is -0.790. The van der Waals surface area contributed by atoms with Gasteiger partial charge in [0.1, 0.15) is 5.92 Å². The van der Waals surface area contributed by atoms with Gasteiger partial charge in [-0.25, -0.2) is 0 Å². The van der Waals surface area contributed by atoms with Crippen LogP contribution >= 0.6 is 12.6 Å². The van der Waals surface area contributed by atoms with E-state index < -0.39 is 26.1 Å². The molecule has 2 atom stereocenters. The molecule has 0 aliphatic heterocycles. The molecule has 0 bridgehead atoms. The number of carbonyl (C=O) groups is 1. The highest BCUT2D eigenvalue weighted by molar-refractivity contribution is 8.03. The van der Waals surface area contributed by atoms with Crippen molar-refractivity contribution in [2.45, 2.75) is 4.08 Å². The minimum Gasteiger partial charge on any atom is -0.481 e. The van der Waals surface area contributed by atoms with Gasteiger partial charge < -0.3 is 5.11 Å². The lowest BCUT2D eigenvalue weighted by molar-refractivity contribution is -0.140. The van der Waals surface area contributed by atoms with Gasteiger partial charge in [0.15, 0.2) is 4.08 Å². The molecule has 5 nitrogen and oxygen atoms in total. The van der Waals surface area contributed by atoms with Crippen molar-refractivity contribution >= 4 is 28.7 Å². The second-order valence-corrected chi connectivity index (χ2v) is 5.46. The fourth-order valence-electron chi connectivity index (χ4n) is 1.12. The minimum absolute atomic E-state index is 1.03. The molecule has 0 saturated carbocycles. The van der Waals surface area contributed by atoms with Crippen LogP contribution in [0.25, 0.3) is 0 Å². The Morgan fingerprint density at radius 1 is 1.43 bits per heavy atom. The molecule has 0 saturated heterocycles. The van der Waals surface area contributed by atoms with E-state index in [4.69, 9.17) is 9.66 Å². The molecule has 0 aromatic rings. The van der Waals surface area contributed by atoms with E-state index in [-0.39, 0.29) is 0 Å². The Balaban J connectivity index is 3.27. The van der Waals surface area contributed by atoms with Crippen LogP contribution in [0.5, 0.6) is 0 Å². The molecule has 1 aliphatic rings. The van der Waals surface area contributed by atoms with Gasteiger partial charge in [0.05, 0.1) is 0 Å². The molecular weight excluding hydrogens is 228 g/mol. The smallest absolute Gasteiger partial charge is 0.313 e. The summed E-state index contributed by atoms with van der Waals surface area (Å²) in [7, 11) is -4.57. The van der Waals surface area contributed by atoms with Crippen LogP contribution in [0.1, 0.15) is 0 Å². The van der Waals surface area contributed by atoms with Crippen molar-refractivity contribution in [3.05, 3.63) is 24.3 Å². The summed E-state index contributed by atoms with van der Waals surface area (Å²) in [6.07, 6.45) is 4.89. The lowest BCUT2D eigenvalue weighted by atomic mass is 10.00. The van der Waals surface area contributed by atoms with Gasteiger partial charge in [0, 0.05) is 0 Å². The van der Waals surface area contributed by atoms with E-state index in [2.05, 4.69) is 12.6 Å². The Labute approximate surface area is 86.3 Å². The molecule has 1 rings (SSSR count). The first kappa shape index (κ1) is 11.3. The van der Waals surface area contributed by atoms with Crippen LogP contribution < -0.4 is 0 Å². The third-order valence-corrected chi connectivity index (χ3v) is 4.21. The fraction of sp³-hybridized carbons (Fsp3) is 0.286. The molecule has 0 heterocycles. The first-order chi connectivity index (χ1) is 6.29. The summed E-state index contributed by atoms with van der Waals surface area (Å²) >= 11 is 3.71. The van der Waals surface area contributed by atoms with Gasteiger partial charge in [-0.1, -0.05) is 24.3 Å². The van der Waals surface area contributed by atoms with Crippen LogP contribution in [-0.4, -0.2) is 28.1 Å². The summed E-state index contributed by atoms with van der Waals surface area (Å²) in [6.45, 7) is 0. The first-order valence-electron chi connectivity index (χ1n) is 3.57. The van der Waals surface area contributed by atoms with E-state index in [9.17, 15) is 13.2 Å². The van der Waals surface area contributed by atoms with Crippen LogP contribution in [0.15, 0.2) is 24.3 Å². The Morgan fingerprint density at radius 2 is 2.00 bits per heavy atom. The lowest BCUT2D eigenvalue weighted by Crippen LogP contribution is -2.42. The Morgan fingerprint density at radius 3 is 2.36 bits per heavy atom. The lowest BCUT2D eigenvalue weighted by Gasteiger charge is -2.27. The molecular formula is C7H8O5S2. The third-order valence-electron chi connectivity index (χ3n) is 1.87. The number of thiol groups is 1. The van der Waals surface area contributed by atoms with Crippen molar-refractivity contribution in [3.63, 3.8) is 0 Å². The van der Waals surface area contributed by atoms with Gasteiger partial charge in [-0.05, 0) is 0 Å². The molecule has 0 aromatic heterocycles. The van der Waals surface area contributed by atoms with Gasteiger partial charge in [0.2, 0.25) is 0 Å². The van der Waals surface area contributed by atoms with Crippen molar-refractivity contribution in [3.8, 4) is 0 Å². The quantitative estimate of drug-likeness (QED) is 0.474. The maximum Gasteiger partial charge on any atom is 0.313 e. The Bertz CT molecular complexity index is 408. The molecule has 78 valence electrons. The zero-order valence-corrected chi connectivity index (χ0v) is 8.57. The number of carboxylic acids is 1. The zero-order valence-electron chi connectivity index (χ0n) is 6.86. The maximum absolute atomic E-state index is 11.0. The molecule has 0 fully saturated rings. The topological polar surface area (TPSA) is 91.7 Å². The van der Waals surface area contributed by atoms with Gasteiger partial charge in [0.25, 0.3) is 10.1 Å². The van der Waals surface area contributed by atoms with Crippen LogP contribution in [0.3, 0.4) is 0 Å². The highest BCUT2D eigenvalue weighted by Gasteiger charge is 2.48. The van der Waals surface area contributed by atoms with Crippen molar-refractivity contribution in [2.24, 2.45) is 5.92 Å². The predicted octanol–water partition coefficient (Wildman–Crippen LogP) is 0.327. The average Bonchev–Trinajstić information content (AvgIpc) is 2.02. The molecule has 0 amide bonds. The van der Waals surface area contributed by atoms with Crippen LogP contribution in [-0.2, 0) is 14.9 Å². The molecule has 2 unspecified atom stereocenters. The maximum atomic E-state index is 11.0. The fourth-order valence-corrected chi connectivity index (χ4v) is 2.15. The van der Waals surface area contributed by atoms with Gasteiger partial charge >= 0.3 is 5.97 Å².